The second-order valence-electron chi connectivity index (χ2n) is 3.33. The molecule has 2 rings (SSSR count). The third-order valence-electron chi connectivity index (χ3n) is 2.19. The maximum atomic E-state index is 5.96. The summed E-state index contributed by atoms with van der Waals surface area (Å²) in [6.07, 6.45) is 0. The van der Waals surface area contributed by atoms with Crippen LogP contribution in [0.25, 0.3) is 0 Å². The number of aromatic amines is 1. The van der Waals surface area contributed by atoms with Crippen LogP contribution >= 0.6 is 0 Å². The van der Waals surface area contributed by atoms with E-state index in [9.17, 15) is 0 Å². The van der Waals surface area contributed by atoms with Crippen molar-refractivity contribution >= 4 is 11.4 Å². The zero-order valence-corrected chi connectivity index (χ0v) is 9.47. The zero-order chi connectivity index (χ0) is 12.1. The first-order chi connectivity index (χ1) is 8.31. The van der Waals surface area contributed by atoms with Gasteiger partial charge in [-0.05, 0) is 19.1 Å². The average molecular weight is 234 g/mol. The largest absolute Gasteiger partial charge is 0.492 e. The number of benzene rings is 1. The first kappa shape index (κ1) is 11.2. The molecule has 2 aromatic rings. The average Bonchev–Trinajstić information content (AvgIpc) is 2.83. The fraction of sp³-hybridized carbons (Fsp3) is 0.300. The van der Waals surface area contributed by atoms with Crippen molar-refractivity contribution in [3.8, 4) is 5.75 Å². The summed E-state index contributed by atoms with van der Waals surface area (Å²) in [5.41, 5.74) is 7.33. The molecule has 1 heterocycles. The second-order valence-corrected chi connectivity index (χ2v) is 3.33. The third-order valence-corrected chi connectivity index (χ3v) is 2.19. The Hall–Kier alpha value is -2.31. The van der Waals surface area contributed by atoms with Crippen molar-refractivity contribution in [1.82, 2.24) is 20.6 Å². The van der Waals surface area contributed by atoms with Crippen molar-refractivity contribution in [1.29, 1.82) is 0 Å². The Morgan fingerprint density at radius 1 is 1.47 bits per heavy atom. The van der Waals surface area contributed by atoms with E-state index in [1.54, 1.807) is 0 Å². The van der Waals surface area contributed by atoms with Gasteiger partial charge in [-0.2, -0.15) is 5.21 Å². The van der Waals surface area contributed by atoms with Gasteiger partial charge < -0.3 is 15.8 Å². The molecule has 7 nitrogen and oxygen atoms in total. The molecule has 0 aliphatic carbocycles. The molecule has 0 bridgehead atoms. The predicted molar refractivity (Wildman–Crippen MR) is 63.5 cm³/mol. The number of aromatic nitrogens is 4. The molecule has 0 radical (unpaired) electrons. The number of tetrazole rings is 1. The molecular weight excluding hydrogens is 220 g/mol. The topological polar surface area (TPSA) is 102 Å². The zero-order valence-electron chi connectivity index (χ0n) is 9.47. The highest BCUT2D eigenvalue weighted by molar-refractivity contribution is 5.72. The highest BCUT2D eigenvalue weighted by Crippen LogP contribution is 2.29. The van der Waals surface area contributed by atoms with Gasteiger partial charge in [0.2, 0.25) is 0 Å². The molecule has 0 aliphatic rings. The van der Waals surface area contributed by atoms with Gasteiger partial charge in [0, 0.05) is 0 Å². The van der Waals surface area contributed by atoms with E-state index in [0.717, 1.165) is 5.69 Å². The first-order valence-electron chi connectivity index (χ1n) is 5.28. The van der Waals surface area contributed by atoms with Crippen molar-refractivity contribution in [3.05, 3.63) is 24.0 Å². The van der Waals surface area contributed by atoms with Crippen LogP contribution in [0.15, 0.2) is 18.2 Å². The minimum Gasteiger partial charge on any atom is -0.492 e. The molecule has 90 valence electrons. The van der Waals surface area contributed by atoms with Crippen LogP contribution in [0.3, 0.4) is 0 Å². The molecule has 0 aliphatic heterocycles. The van der Waals surface area contributed by atoms with Crippen molar-refractivity contribution in [2.45, 2.75) is 13.5 Å². The standard InChI is InChI=1S/C10H14N6O/c1-2-17-8-5-3-4-7(10(8)11)12-6-9-13-15-16-14-9/h3-5,12H,2,6,11H2,1H3,(H,13,14,15,16). The summed E-state index contributed by atoms with van der Waals surface area (Å²) >= 11 is 0. The fourth-order valence-corrected chi connectivity index (χ4v) is 1.41. The lowest BCUT2D eigenvalue weighted by molar-refractivity contribution is 0.342. The molecule has 0 saturated carbocycles. The van der Waals surface area contributed by atoms with Gasteiger partial charge in [0.1, 0.15) is 5.75 Å². The van der Waals surface area contributed by atoms with Crippen LogP contribution in [0, 0.1) is 0 Å². The van der Waals surface area contributed by atoms with Crippen LogP contribution < -0.4 is 15.8 Å². The Bertz CT molecular complexity index is 470. The lowest BCUT2D eigenvalue weighted by Crippen LogP contribution is -2.05. The number of para-hydroxylation sites is 1. The highest BCUT2D eigenvalue weighted by Gasteiger charge is 2.06. The quantitative estimate of drug-likeness (QED) is 0.661. The number of rotatable bonds is 5. The smallest absolute Gasteiger partial charge is 0.193 e. The summed E-state index contributed by atoms with van der Waals surface area (Å²) in [5, 5.41) is 16.7. The Labute approximate surface area is 98.4 Å². The SMILES string of the molecule is CCOc1cccc(NCc2nn[nH]n2)c1N. The molecule has 0 spiro atoms. The van der Waals surface area contributed by atoms with E-state index < -0.39 is 0 Å². The van der Waals surface area contributed by atoms with Crippen molar-refractivity contribution in [2.24, 2.45) is 0 Å². The Morgan fingerprint density at radius 3 is 3.06 bits per heavy atom. The maximum absolute atomic E-state index is 5.96. The van der Waals surface area contributed by atoms with Crippen LogP contribution in [0.2, 0.25) is 0 Å². The van der Waals surface area contributed by atoms with Crippen LogP contribution in [0.4, 0.5) is 11.4 Å². The van der Waals surface area contributed by atoms with Gasteiger partial charge in [-0.15, -0.1) is 10.2 Å². The van der Waals surface area contributed by atoms with Gasteiger partial charge in [-0.25, -0.2) is 0 Å². The number of nitrogens with two attached hydrogens (primary N) is 1. The number of nitrogens with zero attached hydrogens (tertiary/aromatic N) is 3. The van der Waals surface area contributed by atoms with Gasteiger partial charge in [-0.3, -0.25) is 0 Å². The van der Waals surface area contributed by atoms with Crippen molar-refractivity contribution in [3.63, 3.8) is 0 Å². The van der Waals surface area contributed by atoms with Crippen molar-refractivity contribution < 1.29 is 4.74 Å². The van der Waals surface area contributed by atoms with Crippen molar-refractivity contribution in [2.75, 3.05) is 17.7 Å². The van der Waals surface area contributed by atoms with E-state index in [1.165, 1.54) is 0 Å². The van der Waals surface area contributed by atoms with Gasteiger partial charge >= 0.3 is 0 Å². The summed E-state index contributed by atoms with van der Waals surface area (Å²) in [5.74, 6) is 1.25. The van der Waals surface area contributed by atoms with E-state index in [1.807, 2.05) is 25.1 Å². The monoisotopic (exact) mass is 234 g/mol. The Balaban J connectivity index is 2.07. The molecule has 7 heteroatoms. The molecule has 0 unspecified atom stereocenters. The molecule has 0 atom stereocenters. The van der Waals surface area contributed by atoms with Crippen LogP contribution in [-0.2, 0) is 6.54 Å². The van der Waals surface area contributed by atoms with E-state index in [2.05, 4.69) is 25.9 Å². The molecule has 1 aromatic heterocycles. The number of nitrogens with one attached hydrogen (secondary N) is 2. The molecule has 17 heavy (non-hydrogen) atoms. The summed E-state index contributed by atoms with van der Waals surface area (Å²) in [6.45, 7) is 2.95. The lowest BCUT2D eigenvalue weighted by Gasteiger charge is -2.11. The maximum Gasteiger partial charge on any atom is 0.193 e. The summed E-state index contributed by atoms with van der Waals surface area (Å²) in [4.78, 5) is 0. The minimum absolute atomic E-state index is 0.455. The Morgan fingerprint density at radius 2 is 2.35 bits per heavy atom. The number of nitrogen functional groups attached to an aromatic ring is 1. The summed E-state index contributed by atoms with van der Waals surface area (Å²) < 4.78 is 5.40. The van der Waals surface area contributed by atoms with Gasteiger partial charge in [-0.1, -0.05) is 11.3 Å². The van der Waals surface area contributed by atoms with Crippen LogP contribution in [-0.4, -0.2) is 27.2 Å². The number of hydrogen-bond donors (Lipinski definition) is 3. The molecule has 0 saturated heterocycles. The highest BCUT2D eigenvalue weighted by atomic mass is 16.5. The van der Waals surface area contributed by atoms with Gasteiger partial charge in [0.05, 0.1) is 24.5 Å². The number of ether oxygens (including phenoxy) is 1. The van der Waals surface area contributed by atoms with Gasteiger partial charge in [0.25, 0.3) is 0 Å². The fourth-order valence-electron chi connectivity index (χ4n) is 1.41. The normalized spacial score (nSPS) is 10.2. The number of hydrogen-bond acceptors (Lipinski definition) is 6. The minimum atomic E-state index is 0.455. The second kappa shape index (κ2) is 5.15. The van der Waals surface area contributed by atoms with E-state index in [0.29, 0.717) is 30.4 Å². The van der Waals surface area contributed by atoms with Crippen LogP contribution in [0.5, 0.6) is 5.75 Å². The molecule has 1 aromatic carbocycles. The van der Waals surface area contributed by atoms with Gasteiger partial charge in [0.15, 0.2) is 5.82 Å². The molecular formula is C10H14N6O. The predicted octanol–water partition coefficient (Wildman–Crippen LogP) is 0.793. The number of H-pyrrole nitrogens is 1. The third kappa shape index (κ3) is 2.63. The Kier molecular flexibility index (Phi) is 3.39. The first-order valence-corrected chi connectivity index (χ1v) is 5.28. The summed E-state index contributed by atoms with van der Waals surface area (Å²) in [7, 11) is 0. The molecule has 0 fully saturated rings. The number of anilines is 2. The van der Waals surface area contributed by atoms with E-state index >= 15 is 0 Å². The van der Waals surface area contributed by atoms with E-state index in [-0.39, 0.29) is 0 Å². The lowest BCUT2D eigenvalue weighted by atomic mass is 10.2. The summed E-state index contributed by atoms with van der Waals surface area (Å²) in [6, 6.07) is 5.58. The molecule has 4 N–H and O–H groups in total. The van der Waals surface area contributed by atoms with Crippen LogP contribution in [0.1, 0.15) is 12.7 Å². The molecule has 0 amide bonds. The van der Waals surface area contributed by atoms with E-state index in [4.69, 9.17) is 10.5 Å².